The van der Waals surface area contributed by atoms with Gasteiger partial charge in [0.2, 0.25) is 17.6 Å². The normalized spacial score (nSPS) is 15.5. The highest BCUT2D eigenvalue weighted by Crippen LogP contribution is 2.22. The summed E-state index contributed by atoms with van der Waals surface area (Å²) in [7, 11) is 0. The summed E-state index contributed by atoms with van der Waals surface area (Å²) in [5.74, 6) is 1.48. The average molecular weight is 412 g/mol. The molecule has 1 aromatic carbocycles. The van der Waals surface area contributed by atoms with Crippen molar-refractivity contribution < 1.29 is 9.32 Å². The van der Waals surface area contributed by atoms with E-state index in [1.807, 2.05) is 42.6 Å². The van der Waals surface area contributed by atoms with Crippen molar-refractivity contribution in [1.82, 2.24) is 20.0 Å². The largest absolute Gasteiger partial charge is 0.339 e. The summed E-state index contributed by atoms with van der Waals surface area (Å²) < 4.78 is 5.38. The van der Waals surface area contributed by atoms with Crippen LogP contribution in [0.15, 0.2) is 40.2 Å². The first-order valence-corrected chi connectivity index (χ1v) is 10.9. The van der Waals surface area contributed by atoms with E-state index in [1.165, 1.54) is 11.3 Å². The van der Waals surface area contributed by atoms with E-state index in [-0.39, 0.29) is 11.8 Å². The molecule has 4 rings (SSSR count). The van der Waals surface area contributed by atoms with E-state index in [1.54, 1.807) is 0 Å². The van der Waals surface area contributed by atoms with Gasteiger partial charge in [0.1, 0.15) is 0 Å². The number of aromatic nitrogens is 3. The van der Waals surface area contributed by atoms with Crippen molar-refractivity contribution in [2.24, 2.45) is 5.92 Å². The fourth-order valence-corrected chi connectivity index (χ4v) is 4.24. The Morgan fingerprint density at radius 2 is 2.03 bits per heavy atom. The first-order valence-electron chi connectivity index (χ1n) is 10.0. The van der Waals surface area contributed by atoms with Crippen molar-refractivity contribution in [3.63, 3.8) is 0 Å². The number of nitrogens with one attached hydrogen (secondary N) is 1. The molecule has 152 valence electrons. The van der Waals surface area contributed by atoms with Crippen LogP contribution in [0.1, 0.15) is 30.8 Å². The molecule has 0 aliphatic carbocycles. The molecular formula is C21H25N5O2S. The van der Waals surface area contributed by atoms with Crippen LogP contribution in [0, 0.1) is 12.8 Å². The van der Waals surface area contributed by atoms with Gasteiger partial charge in [-0.15, -0.1) is 11.3 Å². The highest BCUT2D eigenvalue weighted by Gasteiger charge is 2.25. The second-order valence-corrected chi connectivity index (χ2v) is 8.24. The molecule has 8 heteroatoms. The number of rotatable bonds is 7. The fraction of sp³-hybridized carbons (Fsp3) is 0.429. The number of carbonyl (C=O) groups is 1. The lowest BCUT2D eigenvalue weighted by atomic mass is 9.96. The number of likely N-dealkylation sites (tertiary alicyclic amines) is 1. The molecule has 0 atom stereocenters. The van der Waals surface area contributed by atoms with Gasteiger partial charge in [0.05, 0.1) is 5.69 Å². The van der Waals surface area contributed by atoms with Gasteiger partial charge in [0, 0.05) is 23.3 Å². The summed E-state index contributed by atoms with van der Waals surface area (Å²) in [6.45, 7) is 4.78. The highest BCUT2D eigenvalue weighted by atomic mass is 32.1. The molecule has 3 aromatic rings. The Hall–Kier alpha value is -2.58. The quantitative estimate of drug-likeness (QED) is 0.637. The molecule has 2 aromatic heterocycles. The Labute approximate surface area is 174 Å². The highest BCUT2D eigenvalue weighted by molar-refractivity contribution is 7.13. The summed E-state index contributed by atoms with van der Waals surface area (Å²) in [5.41, 5.74) is 1.91. The summed E-state index contributed by atoms with van der Waals surface area (Å²) in [6, 6.07) is 9.85. The van der Waals surface area contributed by atoms with Gasteiger partial charge in [0.15, 0.2) is 5.13 Å². The second-order valence-electron chi connectivity index (χ2n) is 7.38. The third-order valence-corrected chi connectivity index (χ3v) is 6.05. The minimum Gasteiger partial charge on any atom is -0.339 e. The minimum atomic E-state index is 0.0693. The Kier molecular flexibility index (Phi) is 6.31. The fourth-order valence-electron chi connectivity index (χ4n) is 3.55. The van der Waals surface area contributed by atoms with Gasteiger partial charge in [-0.1, -0.05) is 35.5 Å². The lowest BCUT2D eigenvalue weighted by molar-refractivity contribution is -0.121. The lowest BCUT2D eigenvalue weighted by Crippen LogP contribution is -2.38. The number of thiazole rings is 1. The third kappa shape index (κ3) is 5.27. The van der Waals surface area contributed by atoms with Crippen molar-refractivity contribution in [3.05, 3.63) is 47.3 Å². The summed E-state index contributed by atoms with van der Waals surface area (Å²) in [5, 5.41) is 9.67. The van der Waals surface area contributed by atoms with Crippen LogP contribution in [0.25, 0.3) is 11.4 Å². The first-order chi connectivity index (χ1) is 14.2. The molecule has 1 saturated heterocycles. The SMILES string of the molecule is Cc1csc(NC(=O)C2CCN(CCCc3nc(-c4ccccc4)no3)CC2)n1. The molecule has 0 spiro atoms. The van der Waals surface area contributed by atoms with E-state index in [2.05, 4.69) is 25.3 Å². The molecule has 1 fully saturated rings. The van der Waals surface area contributed by atoms with Gasteiger partial charge < -0.3 is 14.7 Å². The summed E-state index contributed by atoms with van der Waals surface area (Å²) in [4.78, 5) is 23.6. The number of amides is 1. The van der Waals surface area contributed by atoms with Crippen LogP contribution in [-0.2, 0) is 11.2 Å². The maximum Gasteiger partial charge on any atom is 0.229 e. The van der Waals surface area contributed by atoms with Gasteiger partial charge in [-0.05, 0) is 45.8 Å². The smallest absolute Gasteiger partial charge is 0.229 e. The standard InChI is InChI=1S/C21H25N5O2S/c1-15-14-29-21(22-15)24-20(27)17-9-12-26(13-10-17)11-5-8-18-23-19(25-28-18)16-6-3-2-4-7-16/h2-4,6-7,14,17H,5,8-13H2,1H3,(H,22,24,27). The molecular weight excluding hydrogens is 386 g/mol. The number of anilines is 1. The Morgan fingerprint density at radius 1 is 1.24 bits per heavy atom. The zero-order valence-corrected chi connectivity index (χ0v) is 17.3. The zero-order chi connectivity index (χ0) is 20.1. The summed E-state index contributed by atoms with van der Waals surface area (Å²) in [6.07, 6.45) is 3.50. The lowest BCUT2D eigenvalue weighted by Gasteiger charge is -2.30. The van der Waals surface area contributed by atoms with Gasteiger partial charge in [-0.2, -0.15) is 4.98 Å². The van der Waals surface area contributed by atoms with E-state index in [0.717, 1.165) is 56.6 Å². The van der Waals surface area contributed by atoms with Gasteiger partial charge >= 0.3 is 0 Å². The van der Waals surface area contributed by atoms with Crippen LogP contribution in [0.4, 0.5) is 5.13 Å². The number of aryl methyl sites for hydroxylation is 2. The second kappa shape index (κ2) is 9.28. The predicted octanol–water partition coefficient (Wildman–Crippen LogP) is 3.78. The third-order valence-electron chi connectivity index (χ3n) is 5.17. The Balaban J connectivity index is 1.18. The topological polar surface area (TPSA) is 84.2 Å². The maximum absolute atomic E-state index is 12.4. The van der Waals surface area contributed by atoms with Crippen LogP contribution < -0.4 is 5.32 Å². The van der Waals surface area contributed by atoms with Crippen molar-refractivity contribution in [2.45, 2.75) is 32.6 Å². The molecule has 0 bridgehead atoms. The first kappa shape index (κ1) is 19.7. The van der Waals surface area contributed by atoms with Crippen LogP contribution in [0.2, 0.25) is 0 Å². The molecule has 0 saturated carbocycles. The maximum atomic E-state index is 12.4. The van der Waals surface area contributed by atoms with Gasteiger partial charge in [0.25, 0.3) is 0 Å². The van der Waals surface area contributed by atoms with Crippen molar-refractivity contribution in [3.8, 4) is 11.4 Å². The molecule has 0 radical (unpaired) electrons. The van der Waals surface area contributed by atoms with E-state index in [4.69, 9.17) is 4.52 Å². The Bertz CT molecular complexity index is 931. The van der Waals surface area contributed by atoms with Gasteiger partial charge in [-0.3, -0.25) is 4.79 Å². The van der Waals surface area contributed by atoms with Crippen LogP contribution in [0.5, 0.6) is 0 Å². The van der Waals surface area contributed by atoms with Crippen LogP contribution >= 0.6 is 11.3 Å². The van der Waals surface area contributed by atoms with Crippen molar-refractivity contribution in [2.75, 3.05) is 25.0 Å². The van der Waals surface area contributed by atoms with E-state index in [0.29, 0.717) is 16.8 Å². The molecule has 1 N–H and O–H groups in total. The van der Waals surface area contributed by atoms with E-state index in [9.17, 15) is 4.79 Å². The Morgan fingerprint density at radius 3 is 2.76 bits per heavy atom. The van der Waals surface area contributed by atoms with E-state index < -0.39 is 0 Å². The van der Waals surface area contributed by atoms with Gasteiger partial charge in [-0.25, -0.2) is 4.98 Å². The monoisotopic (exact) mass is 411 g/mol. The molecule has 1 aliphatic heterocycles. The number of carbonyl (C=O) groups excluding carboxylic acids is 1. The van der Waals surface area contributed by atoms with E-state index >= 15 is 0 Å². The van der Waals surface area contributed by atoms with Crippen LogP contribution in [-0.4, -0.2) is 45.6 Å². The molecule has 0 unspecified atom stereocenters. The number of hydrogen-bond acceptors (Lipinski definition) is 7. The number of hydrogen-bond donors (Lipinski definition) is 1. The molecule has 1 amide bonds. The minimum absolute atomic E-state index is 0.0693. The zero-order valence-electron chi connectivity index (χ0n) is 16.5. The average Bonchev–Trinajstić information content (AvgIpc) is 3.38. The van der Waals surface area contributed by atoms with Crippen LogP contribution in [0.3, 0.4) is 0 Å². The number of piperidine rings is 1. The van der Waals surface area contributed by atoms with Crippen molar-refractivity contribution >= 4 is 22.4 Å². The molecule has 1 aliphatic rings. The number of benzene rings is 1. The molecule has 7 nitrogen and oxygen atoms in total. The summed E-state index contributed by atoms with van der Waals surface area (Å²) >= 11 is 1.48. The number of nitrogens with zero attached hydrogens (tertiary/aromatic N) is 4. The van der Waals surface area contributed by atoms with Crippen molar-refractivity contribution in [1.29, 1.82) is 0 Å². The predicted molar refractivity (Wildman–Crippen MR) is 113 cm³/mol. The molecule has 29 heavy (non-hydrogen) atoms. The molecule has 3 heterocycles.